The molecule has 1 aliphatic heterocycles. The first-order valence-electron chi connectivity index (χ1n) is 24.0. The predicted molar refractivity (Wildman–Crippen MR) is 242 cm³/mol. The highest BCUT2D eigenvalue weighted by Gasteiger charge is 2.44. The van der Waals surface area contributed by atoms with Gasteiger partial charge in [-0.2, -0.15) is 0 Å². The summed E-state index contributed by atoms with van der Waals surface area (Å²) >= 11 is 0. The number of ether oxygens (including phenoxy) is 2. The average Bonchev–Trinajstić information content (AvgIpc) is 3.25. The second-order valence-electron chi connectivity index (χ2n) is 16.8. The van der Waals surface area contributed by atoms with Crippen LogP contribution in [0, 0.1) is 0 Å². The van der Waals surface area contributed by atoms with Crippen molar-refractivity contribution in [1.82, 2.24) is 5.32 Å². The zero-order valence-electron chi connectivity index (χ0n) is 37.7. The van der Waals surface area contributed by atoms with E-state index < -0.39 is 74.2 Å². The fourth-order valence-electron chi connectivity index (χ4n) is 7.30. The van der Waals surface area contributed by atoms with Crippen molar-refractivity contribution in [3.05, 3.63) is 48.6 Å². The summed E-state index contributed by atoms with van der Waals surface area (Å²) in [5, 5.41) is 75.6. The summed E-state index contributed by atoms with van der Waals surface area (Å²) < 4.78 is 11.1. The van der Waals surface area contributed by atoms with Gasteiger partial charge in [-0.3, -0.25) is 4.79 Å². The van der Waals surface area contributed by atoms with Crippen LogP contribution in [0.4, 0.5) is 0 Å². The molecule has 0 aromatic heterocycles. The Labute approximate surface area is 364 Å². The van der Waals surface area contributed by atoms with E-state index in [2.05, 4.69) is 67.8 Å². The molecule has 1 rings (SSSR count). The molecule has 0 saturated carbocycles. The maximum atomic E-state index is 13.1. The highest BCUT2D eigenvalue weighted by molar-refractivity contribution is 5.80. The molecule has 8 N–H and O–H groups in total. The van der Waals surface area contributed by atoms with Crippen molar-refractivity contribution in [1.29, 1.82) is 0 Å². The second kappa shape index (κ2) is 38.7. The van der Waals surface area contributed by atoms with Crippen LogP contribution in [0.5, 0.6) is 0 Å². The van der Waals surface area contributed by atoms with Crippen LogP contribution in [0.1, 0.15) is 187 Å². The Bertz CT molecular complexity index is 1110. The first kappa shape index (κ1) is 56.1. The molecule has 1 amide bonds. The van der Waals surface area contributed by atoms with Crippen LogP contribution in [0.15, 0.2) is 48.6 Å². The van der Waals surface area contributed by atoms with E-state index in [1.165, 1.54) is 70.6 Å². The highest BCUT2D eigenvalue weighted by atomic mass is 16.7. The lowest BCUT2D eigenvalue weighted by molar-refractivity contribution is -0.303. The van der Waals surface area contributed by atoms with E-state index >= 15 is 0 Å². The number of hydrogen-bond donors (Lipinski definition) is 8. The van der Waals surface area contributed by atoms with Gasteiger partial charge in [0.25, 0.3) is 0 Å². The zero-order valence-corrected chi connectivity index (χ0v) is 37.7. The van der Waals surface area contributed by atoms with Gasteiger partial charge in [-0.1, -0.05) is 152 Å². The van der Waals surface area contributed by atoms with E-state index in [0.717, 1.165) is 70.6 Å². The molecule has 1 aliphatic rings. The van der Waals surface area contributed by atoms with Crippen molar-refractivity contribution in [3.63, 3.8) is 0 Å². The molecule has 9 atom stereocenters. The molecule has 0 aromatic carbocycles. The average molecular weight is 852 g/mol. The monoisotopic (exact) mass is 852 g/mol. The molecule has 0 aliphatic carbocycles. The number of aliphatic hydroxyl groups excluding tert-OH is 7. The molecule has 350 valence electrons. The largest absolute Gasteiger partial charge is 0.394 e. The van der Waals surface area contributed by atoms with Gasteiger partial charge in [-0.05, 0) is 83.5 Å². The molecule has 60 heavy (non-hydrogen) atoms. The minimum atomic E-state index is -1.67. The fraction of sp³-hybridized carbons (Fsp3) is 0.816. The van der Waals surface area contributed by atoms with Gasteiger partial charge in [0.1, 0.15) is 36.6 Å². The van der Waals surface area contributed by atoms with E-state index in [9.17, 15) is 40.5 Å². The van der Waals surface area contributed by atoms with Gasteiger partial charge < -0.3 is 50.5 Å². The minimum Gasteiger partial charge on any atom is -0.394 e. The Morgan fingerprint density at radius 1 is 0.567 bits per heavy atom. The predicted octanol–water partition coefficient (Wildman–Crippen LogP) is 8.17. The molecular formula is C49H89NO10. The molecule has 1 heterocycles. The van der Waals surface area contributed by atoms with Crippen LogP contribution < -0.4 is 5.32 Å². The number of rotatable bonds is 39. The molecule has 11 nitrogen and oxygen atoms in total. The first-order chi connectivity index (χ1) is 29.2. The molecule has 11 heteroatoms. The lowest BCUT2D eigenvalue weighted by Crippen LogP contribution is -2.60. The van der Waals surface area contributed by atoms with Crippen molar-refractivity contribution in [2.24, 2.45) is 0 Å². The molecule has 0 radical (unpaired) electrons. The number of carbonyl (C=O) groups excluding carboxylic acids is 1. The molecule has 0 spiro atoms. The zero-order chi connectivity index (χ0) is 44.1. The Kier molecular flexibility index (Phi) is 36.2. The molecule has 1 saturated heterocycles. The summed E-state index contributed by atoms with van der Waals surface area (Å²) in [7, 11) is 0. The van der Waals surface area contributed by atoms with Gasteiger partial charge >= 0.3 is 0 Å². The molecule has 0 aromatic rings. The number of hydrogen-bond acceptors (Lipinski definition) is 10. The molecular weight excluding hydrogens is 763 g/mol. The number of amides is 1. The van der Waals surface area contributed by atoms with E-state index in [-0.39, 0.29) is 12.8 Å². The normalized spacial score (nSPS) is 22.1. The van der Waals surface area contributed by atoms with E-state index in [1.807, 2.05) is 0 Å². The lowest BCUT2D eigenvalue weighted by Gasteiger charge is -2.40. The van der Waals surface area contributed by atoms with Gasteiger partial charge in [0, 0.05) is 0 Å². The maximum Gasteiger partial charge on any atom is 0.249 e. The van der Waals surface area contributed by atoms with Crippen molar-refractivity contribution < 1.29 is 50.0 Å². The summed E-state index contributed by atoms with van der Waals surface area (Å²) in [6, 6.07) is -1.20. The van der Waals surface area contributed by atoms with Crippen molar-refractivity contribution in [2.75, 3.05) is 13.2 Å². The third-order valence-corrected chi connectivity index (χ3v) is 11.3. The van der Waals surface area contributed by atoms with Crippen molar-refractivity contribution in [2.45, 2.75) is 242 Å². The number of carbonyl (C=O) groups is 1. The van der Waals surface area contributed by atoms with Crippen molar-refractivity contribution in [3.8, 4) is 0 Å². The SMILES string of the molecule is CCC/C=C/CC/C=C/CC/C=C/CCCC(O)C(O)C(COC1OC(CO)C(O)C(O)C1O)NC(=O)C(O)CCCCCCCC/C=C\CCCCCCCCCCC. The Morgan fingerprint density at radius 2 is 1.03 bits per heavy atom. The number of unbranched alkanes of at least 4 members (excludes halogenated alkanes) is 19. The van der Waals surface area contributed by atoms with E-state index in [0.29, 0.717) is 19.3 Å². The van der Waals surface area contributed by atoms with Gasteiger partial charge in [-0.15, -0.1) is 0 Å². The maximum absolute atomic E-state index is 13.1. The highest BCUT2D eigenvalue weighted by Crippen LogP contribution is 2.23. The molecule has 0 bridgehead atoms. The van der Waals surface area contributed by atoms with E-state index in [1.54, 1.807) is 0 Å². The van der Waals surface area contributed by atoms with Crippen LogP contribution in [-0.4, -0.2) is 110 Å². The summed E-state index contributed by atoms with van der Waals surface area (Å²) in [4.78, 5) is 13.1. The van der Waals surface area contributed by atoms with Crippen molar-refractivity contribution >= 4 is 5.91 Å². The first-order valence-corrected chi connectivity index (χ1v) is 24.0. The number of aliphatic hydroxyl groups is 7. The van der Waals surface area contributed by atoms with Crippen LogP contribution in [0.3, 0.4) is 0 Å². The van der Waals surface area contributed by atoms with Crippen LogP contribution in [0.2, 0.25) is 0 Å². The van der Waals surface area contributed by atoms with Crippen LogP contribution in [-0.2, 0) is 14.3 Å². The van der Waals surface area contributed by atoms with Gasteiger partial charge in [0.2, 0.25) is 5.91 Å². The minimum absolute atomic E-state index is 0.238. The number of allylic oxidation sites excluding steroid dienone is 8. The summed E-state index contributed by atoms with van der Waals surface area (Å²) in [6.45, 7) is 3.34. The van der Waals surface area contributed by atoms with Crippen LogP contribution >= 0.6 is 0 Å². The third kappa shape index (κ3) is 27.9. The van der Waals surface area contributed by atoms with Gasteiger partial charge in [0.05, 0.1) is 25.4 Å². The Hall–Kier alpha value is -1.93. The summed E-state index contributed by atoms with van der Waals surface area (Å²) in [5.41, 5.74) is 0. The smallest absolute Gasteiger partial charge is 0.249 e. The molecule has 9 unspecified atom stereocenters. The van der Waals surface area contributed by atoms with Gasteiger partial charge in [-0.25, -0.2) is 0 Å². The van der Waals surface area contributed by atoms with Gasteiger partial charge in [0.15, 0.2) is 6.29 Å². The Balaban J connectivity index is 2.46. The third-order valence-electron chi connectivity index (χ3n) is 11.3. The second-order valence-corrected chi connectivity index (χ2v) is 16.8. The van der Waals surface area contributed by atoms with E-state index in [4.69, 9.17) is 9.47 Å². The number of nitrogens with one attached hydrogen (secondary N) is 1. The van der Waals surface area contributed by atoms with Crippen LogP contribution in [0.25, 0.3) is 0 Å². The lowest BCUT2D eigenvalue weighted by atomic mass is 9.98. The standard InChI is InChI=1S/C49H89NO10/c1-3-5-7-9-11-13-15-17-19-20-21-22-23-25-27-29-31-33-35-37-42(53)48(58)50-40(39-59-49-47(57)46(56)45(55)43(38-51)60-49)44(54)41(52)36-34-32-30-28-26-24-18-16-14-12-10-8-6-4-2/h8,10,16,18,21-22,28,30,40-47,49,51-57H,3-7,9,11-15,17,19-20,23-27,29,31-39H2,1-2H3,(H,50,58)/b10-8+,18-16+,22-21-,30-28+. The molecule has 1 fully saturated rings. The summed E-state index contributed by atoms with van der Waals surface area (Å²) in [5.74, 6) is -0.720. The fourth-order valence-corrected chi connectivity index (χ4v) is 7.30. The topological polar surface area (TPSA) is 189 Å². The quantitative estimate of drug-likeness (QED) is 0.0221. The summed E-state index contributed by atoms with van der Waals surface area (Å²) in [6.07, 6.45) is 34.4. The Morgan fingerprint density at radius 3 is 1.55 bits per heavy atom.